The van der Waals surface area contributed by atoms with Crippen molar-refractivity contribution in [1.82, 2.24) is 9.88 Å². The van der Waals surface area contributed by atoms with Gasteiger partial charge in [-0.25, -0.2) is 0 Å². The molecule has 4 heteroatoms. The van der Waals surface area contributed by atoms with E-state index < -0.39 is 0 Å². The van der Waals surface area contributed by atoms with Crippen molar-refractivity contribution in [1.29, 1.82) is 0 Å². The maximum Gasteiger partial charge on any atom is 0.0759 e. The van der Waals surface area contributed by atoms with Crippen LogP contribution in [-0.4, -0.2) is 28.0 Å². The second-order valence-corrected chi connectivity index (χ2v) is 6.36. The Kier molecular flexibility index (Phi) is 4.17. The molecule has 3 rings (SSSR count). The number of hydrogen-bond acceptors (Lipinski definition) is 3. The van der Waals surface area contributed by atoms with Gasteiger partial charge in [0.15, 0.2) is 0 Å². The number of piperidine rings is 1. The monoisotopic (exact) mass is 299 g/mol. The Balaban J connectivity index is 1.78. The lowest BCUT2D eigenvalue weighted by atomic mass is 9.96. The molecule has 3 nitrogen and oxygen atoms in total. The normalized spacial score (nSPS) is 17.2. The summed E-state index contributed by atoms with van der Waals surface area (Å²) in [7, 11) is 0. The third-order valence-electron chi connectivity index (χ3n) is 4.31. The van der Waals surface area contributed by atoms with E-state index in [9.17, 15) is 0 Å². The number of para-hydroxylation sites is 1. The summed E-state index contributed by atoms with van der Waals surface area (Å²) in [6, 6.07) is 10.6. The van der Waals surface area contributed by atoms with Gasteiger partial charge in [0.25, 0.3) is 0 Å². The van der Waals surface area contributed by atoms with E-state index in [1.807, 2.05) is 6.07 Å². The standard InChI is InChI=1S/C17H21N3S/c1-12-10-14(15-4-2-3-5-16(15)19-12)11-20-8-6-13(7-9-20)17(18)21/h2-5,10,13H,6-9,11H2,1H3,(H2,18,21). The number of aromatic nitrogens is 1. The summed E-state index contributed by atoms with van der Waals surface area (Å²) < 4.78 is 0. The zero-order chi connectivity index (χ0) is 14.8. The van der Waals surface area contributed by atoms with Crippen molar-refractivity contribution < 1.29 is 0 Å². The van der Waals surface area contributed by atoms with Gasteiger partial charge in [0.2, 0.25) is 0 Å². The van der Waals surface area contributed by atoms with Gasteiger partial charge in [-0.3, -0.25) is 9.88 Å². The maximum atomic E-state index is 5.76. The number of nitrogens with zero attached hydrogens (tertiary/aromatic N) is 2. The average Bonchev–Trinajstić information content (AvgIpc) is 2.47. The Bertz CT molecular complexity index is 660. The maximum absolute atomic E-state index is 5.76. The van der Waals surface area contributed by atoms with Crippen molar-refractivity contribution in [2.45, 2.75) is 26.3 Å². The lowest BCUT2D eigenvalue weighted by Gasteiger charge is -2.31. The molecule has 0 aliphatic carbocycles. The highest BCUT2D eigenvalue weighted by Crippen LogP contribution is 2.23. The molecule has 1 aromatic heterocycles. The van der Waals surface area contributed by atoms with Gasteiger partial charge in [0.1, 0.15) is 0 Å². The zero-order valence-corrected chi connectivity index (χ0v) is 13.2. The fraction of sp³-hybridized carbons (Fsp3) is 0.412. The number of fused-ring (bicyclic) bond motifs is 1. The molecule has 1 saturated heterocycles. The van der Waals surface area contributed by atoms with E-state index >= 15 is 0 Å². The number of thiocarbonyl (C=S) groups is 1. The Morgan fingerprint density at radius 3 is 2.76 bits per heavy atom. The summed E-state index contributed by atoms with van der Waals surface area (Å²) >= 11 is 5.12. The van der Waals surface area contributed by atoms with E-state index in [1.165, 1.54) is 10.9 Å². The molecular formula is C17H21N3S. The van der Waals surface area contributed by atoms with E-state index in [4.69, 9.17) is 18.0 Å². The molecule has 21 heavy (non-hydrogen) atoms. The minimum absolute atomic E-state index is 0.423. The van der Waals surface area contributed by atoms with E-state index in [0.717, 1.165) is 43.7 Å². The van der Waals surface area contributed by atoms with Crippen LogP contribution < -0.4 is 5.73 Å². The Labute approximate surface area is 131 Å². The van der Waals surface area contributed by atoms with E-state index in [-0.39, 0.29) is 0 Å². The number of pyridine rings is 1. The molecule has 0 amide bonds. The molecule has 0 atom stereocenters. The minimum atomic E-state index is 0.423. The number of likely N-dealkylation sites (tertiary alicyclic amines) is 1. The van der Waals surface area contributed by atoms with Crippen molar-refractivity contribution in [3.8, 4) is 0 Å². The lowest BCUT2D eigenvalue weighted by Crippen LogP contribution is -2.37. The number of hydrogen-bond donors (Lipinski definition) is 1. The van der Waals surface area contributed by atoms with Gasteiger partial charge < -0.3 is 5.73 Å². The number of aryl methyl sites for hydroxylation is 1. The second kappa shape index (κ2) is 6.08. The van der Waals surface area contributed by atoms with Crippen molar-refractivity contribution >= 4 is 28.1 Å². The highest BCUT2D eigenvalue weighted by molar-refractivity contribution is 7.80. The summed E-state index contributed by atoms with van der Waals surface area (Å²) in [5.74, 6) is 0.423. The molecule has 110 valence electrons. The van der Waals surface area contributed by atoms with Crippen LogP contribution in [0.3, 0.4) is 0 Å². The minimum Gasteiger partial charge on any atom is -0.393 e. The molecule has 0 spiro atoms. The van der Waals surface area contributed by atoms with Crippen LogP contribution in [0.2, 0.25) is 0 Å². The zero-order valence-electron chi connectivity index (χ0n) is 12.4. The quantitative estimate of drug-likeness (QED) is 0.885. The molecular weight excluding hydrogens is 278 g/mol. The molecule has 2 heterocycles. The summed E-state index contributed by atoms with van der Waals surface area (Å²) in [4.78, 5) is 7.79. The van der Waals surface area contributed by atoms with E-state index in [1.54, 1.807) is 0 Å². The largest absolute Gasteiger partial charge is 0.393 e. The van der Waals surface area contributed by atoms with Crippen LogP contribution in [0, 0.1) is 12.8 Å². The molecule has 2 N–H and O–H groups in total. The van der Waals surface area contributed by atoms with Crippen molar-refractivity contribution in [3.63, 3.8) is 0 Å². The first kappa shape index (κ1) is 14.4. The van der Waals surface area contributed by atoms with Crippen LogP contribution >= 0.6 is 12.2 Å². The number of rotatable bonds is 3. The highest BCUT2D eigenvalue weighted by atomic mass is 32.1. The highest BCUT2D eigenvalue weighted by Gasteiger charge is 2.21. The first-order chi connectivity index (χ1) is 10.1. The van der Waals surface area contributed by atoms with Crippen LogP contribution in [0.25, 0.3) is 10.9 Å². The van der Waals surface area contributed by atoms with Gasteiger partial charge in [0, 0.05) is 23.5 Å². The predicted molar refractivity (Wildman–Crippen MR) is 91.3 cm³/mol. The van der Waals surface area contributed by atoms with E-state index in [0.29, 0.717) is 10.9 Å². The van der Waals surface area contributed by atoms with Crippen LogP contribution in [0.15, 0.2) is 30.3 Å². The summed E-state index contributed by atoms with van der Waals surface area (Å²) in [6.45, 7) is 5.18. The van der Waals surface area contributed by atoms with Gasteiger partial charge in [-0.2, -0.15) is 0 Å². The van der Waals surface area contributed by atoms with Crippen LogP contribution in [0.4, 0.5) is 0 Å². The molecule has 0 bridgehead atoms. The fourth-order valence-electron chi connectivity index (χ4n) is 3.14. The molecule has 2 aromatic rings. The Hall–Kier alpha value is -1.52. The molecule has 1 aliphatic heterocycles. The molecule has 1 aromatic carbocycles. The molecule has 1 aliphatic rings. The van der Waals surface area contributed by atoms with Crippen LogP contribution in [0.5, 0.6) is 0 Å². The second-order valence-electron chi connectivity index (χ2n) is 5.89. The van der Waals surface area contributed by atoms with Crippen LogP contribution in [0.1, 0.15) is 24.1 Å². The first-order valence-corrected chi connectivity index (χ1v) is 7.91. The first-order valence-electron chi connectivity index (χ1n) is 7.50. The summed E-state index contributed by atoms with van der Waals surface area (Å²) in [5.41, 5.74) is 9.30. The van der Waals surface area contributed by atoms with Gasteiger partial charge in [0.05, 0.1) is 10.5 Å². The average molecular weight is 299 g/mol. The predicted octanol–water partition coefficient (Wildman–Crippen LogP) is 3.04. The molecule has 0 radical (unpaired) electrons. The molecule has 1 fully saturated rings. The summed E-state index contributed by atoms with van der Waals surface area (Å²) in [5, 5.41) is 1.26. The van der Waals surface area contributed by atoms with Gasteiger partial charge in [-0.05, 0) is 50.6 Å². The fourth-order valence-corrected chi connectivity index (χ4v) is 3.38. The third-order valence-corrected chi connectivity index (χ3v) is 4.65. The Morgan fingerprint density at radius 1 is 1.33 bits per heavy atom. The number of benzene rings is 1. The molecule has 0 saturated carbocycles. The topological polar surface area (TPSA) is 42.1 Å². The summed E-state index contributed by atoms with van der Waals surface area (Å²) in [6.07, 6.45) is 2.16. The van der Waals surface area contributed by atoms with Gasteiger partial charge in [-0.15, -0.1) is 0 Å². The molecule has 0 unspecified atom stereocenters. The smallest absolute Gasteiger partial charge is 0.0759 e. The van der Waals surface area contributed by atoms with Crippen LogP contribution in [-0.2, 0) is 6.54 Å². The lowest BCUT2D eigenvalue weighted by molar-refractivity contribution is 0.203. The SMILES string of the molecule is Cc1cc(CN2CCC(C(N)=S)CC2)c2ccccc2n1. The van der Waals surface area contributed by atoms with Gasteiger partial charge in [-0.1, -0.05) is 30.4 Å². The van der Waals surface area contributed by atoms with Crippen molar-refractivity contribution in [2.75, 3.05) is 13.1 Å². The number of nitrogens with two attached hydrogens (primary N) is 1. The van der Waals surface area contributed by atoms with E-state index in [2.05, 4.69) is 41.1 Å². The van der Waals surface area contributed by atoms with Crippen molar-refractivity contribution in [3.05, 3.63) is 41.6 Å². The third kappa shape index (κ3) is 3.22. The van der Waals surface area contributed by atoms with Crippen molar-refractivity contribution in [2.24, 2.45) is 11.7 Å². The van der Waals surface area contributed by atoms with Gasteiger partial charge >= 0.3 is 0 Å². The Morgan fingerprint density at radius 2 is 2.05 bits per heavy atom.